The van der Waals surface area contributed by atoms with Gasteiger partial charge in [-0.15, -0.1) is 0 Å². The van der Waals surface area contributed by atoms with Crippen molar-refractivity contribution in [2.24, 2.45) is 0 Å². The van der Waals surface area contributed by atoms with E-state index in [1.54, 1.807) is 17.9 Å². The summed E-state index contributed by atoms with van der Waals surface area (Å²) in [5, 5.41) is 2.94. The minimum atomic E-state index is -3.81. The number of piperidine rings is 1. The molecule has 1 aromatic carbocycles. The van der Waals surface area contributed by atoms with Crippen molar-refractivity contribution >= 4 is 21.8 Å². The first-order valence-electron chi connectivity index (χ1n) is 10.6. The van der Waals surface area contributed by atoms with E-state index < -0.39 is 10.0 Å². The summed E-state index contributed by atoms with van der Waals surface area (Å²) in [6.07, 6.45) is 5.66. The Labute approximate surface area is 178 Å². The normalized spacial score (nSPS) is 20.2. The molecular weight excluding hydrogens is 406 g/mol. The zero-order valence-electron chi connectivity index (χ0n) is 17.6. The number of hydrogen-bond donors (Lipinski definition) is 2. The minimum absolute atomic E-state index is 0.0180. The van der Waals surface area contributed by atoms with Gasteiger partial charge in [0, 0.05) is 37.2 Å². The highest BCUT2D eigenvalue weighted by atomic mass is 32.2. The predicted molar refractivity (Wildman–Crippen MR) is 113 cm³/mol. The third kappa shape index (κ3) is 5.31. The number of ether oxygens (including phenoxy) is 1. The molecule has 166 valence electrons. The molecule has 3 rings (SSSR count). The first-order chi connectivity index (χ1) is 14.3. The molecule has 2 amide bonds. The van der Waals surface area contributed by atoms with Crippen molar-refractivity contribution in [1.29, 1.82) is 0 Å². The van der Waals surface area contributed by atoms with Crippen LogP contribution in [0.25, 0.3) is 0 Å². The van der Waals surface area contributed by atoms with Crippen LogP contribution < -0.4 is 14.8 Å². The highest BCUT2D eigenvalue weighted by molar-refractivity contribution is 7.89. The van der Waals surface area contributed by atoms with Crippen LogP contribution in [0.3, 0.4) is 0 Å². The van der Waals surface area contributed by atoms with Crippen LogP contribution in [-0.4, -0.2) is 57.4 Å². The number of likely N-dealkylation sites (tertiary alicyclic amines) is 1. The summed E-state index contributed by atoms with van der Waals surface area (Å²) < 4.78 is 33.9. The van der Waals surface area contributed by atoms with E-state index in [4.69, 9.17) is 4.74 Å². The summed E-state index contributed by atoms with van der Waals surface area (Å²) in [7, 11) is -2.39. The van der Waals surface area contributed by atoms with Gasteiger partial charge in [-0.2, -0.15) is 0 Å². The van der Waals surface area contributed by atoms with Gasteiger partial charge in [0.15, 0.2) is 0 Å². The van der Waals surface area contributed by atoms with Crippen LogP contribution in [0.1, 0.15) is 62.2 Å². The van der Waals surface area contributed by atoms with Crippen molar-refractivity contribution in [2.75, 3.05) is 20.2 Å². The number of carbonyl (C=O) groups is 2. The smallest absolute Gasteiger partial charge is 0.253 e. The molecule has 0 spiro atoms. The molecule has 1 aliphatic heterocycles. The molecule has 1 saturated carbocycles. The van der Waals surface area contributed by atoms with Gasteiger partial charge in [0.1, 0.15) is 10.6 Å². The molecule has 1 atom stereocenters. The monoisotopic (exact) mass is 437 g/mol. The van der Waals surface area contributed by atoms with Crippen molar-refractivity contribution in [2.45, 2.75) is 68.8 Å². The van der Waals surface area contributed by atoms with Gasteiger partial charge < -0.3 is 15.0 Å². The Kier molecular flexibility index (Phi) is 7.36. The SMILES string of the molecule is CCC(=O)NC1CCCN(C(=O)c2ccc(OC)c(S(=O)(=O)NC3CCCC3)c2)C1. The number of rotatable bonds is 7. The maximum absolute atomic E-state index is 13.1. The lowest BCUT2D eigenvalue weighted by atomic mass is 10.0. The zero-order chi connectivity index (χ0) is 21.7. The molecule has 1 saturated heterocycles. The van der Waals surface area contributed by atoms with Crippen molar-refractivity contribution in [3.8, 4) is 5.75 Å². The first-order valence-corrected chi connectivity index (χ1v) is 12.1. The van der Waals surface area contributed by atoms with E-state index >= 15 is 0 Å². The Hall–Kier alpha value is -2.13. The quantitative estimate of drug-likeness (QED) is 0.679. The van der Waals surface area contributed by atoms with Crippen LogP contribution >= 0.6 is 0 Å². The Balaban J connectivity index is 1.79. The third-order valence-electron chi connectivity index (χ3n) is 5.77. The molecule has 0 radical (unpaired) electrons. The highest BCUT2D eigenvalue weighted by Crippen LogP contribution is 2.28. The number of amides is 2. The summed E-state index contributed by atoms with van der Waals surface area (Å²) in [4.78, 5) is 26.4. The molecule has 2 aliphatic rings. The summed E-state index contributed by atoms with van der Waals surface area (Å²) in [6, 6.07) is 4.35. The zero-order valence-corrected chi connectivity index (χ0v) is 18.5. The molecule has 1 heterocycles. The number of methoxy groups -OCH3 is 1. The number of carbonyl (C=O) groups excluding carboxylic acids is 2. The molecule has 8 nitrogen and oxygen atoms in total. The Morgan fingerprint density at radius 1 is 1.13 bits per heavy atom. The highest BCUT2D eigenvalue weighted by Gasteiger charge is 2.29. The van der Waals surface area contributed by atoms with Crippen LogP contribution in [-0.2, 0) is 14.8 Å². The van der Waals surface area contributed by atoms with Crippen LogP contribution in [0.4, 0.5) is 0 Å². The van der Waals surface area contributed by atoms with Crippen LogP contribution in [0.5, 0.6) is 5.75 Å². The minimum Gasteiger partial charge on any atom is -0.495 e. The van der Waals surface area contributed by atoms with Gasteiger partial charge >= 0.3 is 0 Å². The fourth-order valence-corrected chi connectivity index (χ4v) is 5.64. The van der Waals surface area contributed by atoms with Crippen molar-refractivity contribution in [3.05, 3.63) is 23.8 Å². The van der Waals surface area contributed by atoms with Crippen molar-refractivity contribution in [3.63, 3.8) is 0 Å². The molecule has 2 N–H and O–H groups in total. The summed E-state index contributed by atoms with van der Waals surface area (Å²) in [5.74, 6) is -0.0701. The van der Waals surface area contributed by atoms with E-state index in [1.165, 1.54) is 19.2 Å². The van der Waals surface area contributed by atoms with E-state index in [0.29, 0.717) is 25.1 Å². The van der Waals surface area contributed by atoms with Crippen molar-refractivity contribution in [1.82, 2.24) is 14.9 Å². The number of nitrogens with zero attached hydrogens (tertiary/aromatic N) is 1. The largest absolute Gasteiger partial charge is 0.495 e. The lowest BCUT2D eigenvalue weighted by molar-refractivity contribution is -0.121. The van der Waals surface area contributed by atoms with Gasteiger partial charge in [-0.05, 0) is 43.9 Å². The molecule has 9 heteroatoms. The second kappa shape index (κ2) is 9.78. The van der Waals surface area contributed by atoms with Crippen LogP contribution in [0.2, 0.25) is 0 Å². The number of benzene rings is 1. The summed E-state index contributed by atoms with van der Waals surface area (Å²) in [6.45, 7) is 2.78. The second-order valence-corrected chi connectivity index (χ2v) is 9.66. The molecule has 1 unspecified atom stereocenters. The van der Waals surface area contributed by atoms with E-state index in [9.17, 15) is 18.0 Å². The topological polar surface area (TPSA) is 105 Å². The molecule has 0 bridgehead atoms. The van der Waals surface area contributed by atoms with Gasteiger partial charge in [0.25, 0.3) is 5.91 Å². The third-order valence-corrected chi connectivity index (χ3v) is 7.31. The lowest BCUT2D eigenvalue weighted by Crippen LogP contribution is -2.49. The Bertz CT molecular complexity index is 881. The maximum Gasteiger partial charge on any atom is 0.253 e. The molecule has 2 fully saturated rings. The maximum atomic E-state index is 13.1. The average Bonchev–Trinajstić information content (AvgIpc) is 3.25. The second-order valence-electron chi connectivity index (χ2n) is 7.98. The predicted octanol–water partition coefficient (Wildman–Crippen LogP) is 2.05. The van der Waals surface area contributed by atoms with Gasteiger partial charge in [-0.1, -0.05) is 19.8 Å². The fraction of sp³-hybridized carbons (Fsp3) is 0.619. The van der Waals surface area contributed by atoms with Gasteiger partial charge in [-0.3, -0.25) is 9.59 Å². The first kappa shape index (κ1) is 22.6. The van der Waals surface area contributed by atoms with Gasteiger partial charge in [-0.25, -0.2) is 13.1 Å². The van der Waals surface area contributed by atoms with E-state index in [-0.39, 0.29) is 34.5 Å². The van der Waals surface area contributed by atoms with E-state index in [1.807, 2.05) is 0 Å². The summed E-state index contributed by atoms with van der Waals surface area (Å²) in [5.41, 5.74) is 0.296. The number of nitrogens with one attached hydrogen (secondary N) is 2. The van der Waals surface area contributed by atoms with Gasteiger partial charge in [0.05, 0.1) is 7.11 Å². The van der Waals surface area contributed by atoms with Gasteiger partial charge in [0.2, 0.25) is 15.9 Å². The fourth-order valence-electron chi connectivity index (χ4n) is 4.14. The molecule has 30 heavy (non-hydrogen) atoms. The lowest BCUT2D eigenvalue weighted by Gasteiger charge is -2.33. The molecule has 1 aliphatic carbocycles. The van der Waals surface area contributed by atoms with E-state index in [2.05, 4.69) is 10.0 Å². The molecule has 1 aromatic rings. The standard InChI is InChI=1S/C21H31N3O5S/c1-3-20(25)22-17-9-6-12-24(14-17)21(26)15-10-11-18(29-2)19(13-15)30(27,28)23-16-7-4-5-8-16/h10-11,13,16-17,23H,3-9,12,14H2,1-2H3,(H,22,25). The van der Waals surface area contributed by atoms with Crippen LogP contribution in [0, 0.1) is 0 Å². The Morgan fingerprint density at radius 2 is 1.83 bits per heavy atom. The number of hydrogen-bond acceptors (Lipinski definition) is 5. The number of sulfonamides is 1. The average molecular weight is 438 g/mol. The van der Waals surface area contributed by atoms with E-state index in [0.717, 1.165) is 38.5 Å². The van der Waals surface area contributed by atoms with Crippen molar-refractivity contribution < 1.29 is 22.7 Å². The molecular formula is C21H31N3O5S. The summed E-state index contributed by atoms with van der Waals surface area (Å²) >= 11 is 0. The van der Waals surface area contributed by atoms with Crippen LogP contribution in [0.15, 0.2) is 23.1 Å². The Morgan fingerprint density at radius 3 is 2.50 bits per heavy atom. The molecule has 0 aromatic heterocycles.